The first-order chi connectivity index (χ1) is 14.3. The van der Waals surface area contributed by atoms with Crippen LogP contribution in [0.15, 0.2) is 48.5 Å². The van der Waals surface area contributed by atoms with E-state index < -0.39 is 24.6 Å². The summed E-state index contributed by atoms with van der Waals surface area (Å²) in [5.41, 5.74) is 2.25. The summed E-state index contributed by atoms with van der Waals surface area (Å²) in [5.74, 6) is -1.22. The Morgan fingerprint density at radius 1 is 1.10 bits per heavy atom. The zero-order valence-electron chi connectivity index (χ0n) is 16.9. The van der Waals surface area contributed by atoms with Gasteiger partial charge in [0.1, 0.15) is 0 Å². The molecule has 6 nitrogen and oxygen atoms in total. The fourth-order valence-electron chi connectivity index (χ4n) is 2.48. The third-order valence-corrected chi connectivity index (χ3v) is 4.11. The lowest BCUT2D eigenvalue weighted by molar-refractivity contribution is -0.148. The molecule has 2 aromatic rings. The van der Waals surface area contributed by atoms with Gasteiger partial charge in [0, 0.05) is 11.8 Å². The minimum Gasteiger partial charge on any atom is -0.493 e. The Hall–Kier alpha value is -3.42. The van der Waals surface area contributed by atoms with Crippen LogP contribution in [0, 0.1) is 0 Å². The molecule has 0 unspecified atom stereocenters. The Labute approximate surface area is 173 Å². The second-order valence-corrected chi connectivity index (χ2v) is 6.24. The molecule has 160 valence electrons. The number of amides is 1. The zero-order valence-corrected chi connectivity index (χ0v) is 16.9. The maximum absolute atomic E-state index is 12.4. The van der Waals surface area contributed by atoms with Gasteiger partial charge in [0.25, 0.3) is 5.91 Å². The average molecular weight is 419 g/mol. The van der Waals surface area contributed by atoms with Gasteiger partial charge in [-0.05, 0) is 54.8 Å². The van der Waals surface area contributed by atoms with Crippen LogP contribution in [0.1, 0.15) is 25.0 Å². The Morgan fingerprint density at radius 2 is 1.80 bits per heavy atom. The standard InChI is InChI=1S/C22H23F2NO5/c1-4-15-5-9-17(10-6-15)25-21(27)14(2)29-20(26)12-8-16-7-11-18(30-22(23)24)19(13-16)28-3/h5-14,22H,4H2,1-3H3,(H,25,27)/b12-8+/t14-/m0/s1. The lowest BCUT2D eigenvalue weighted by Gasteiger charge is -2.12. The molecule has 0 aliphatic rings. The van der Waals surface area contributed by atoms with Crippen molar-refractivity contribution in [1.82, 2.24) is 0 Å². The van der Waals surface area contributed by atoms with Crippen LogP contribution in [0.3, 0.4) is 0 Å². The number of anilines is 1. The van der Waals surface area contributed by atoms with Gasteiger partial charge in [0.2, 0.25) is 0 Å². The Bertz CT molecular complexity index is 897. The van der Waals surface area contributed by atoms with Gasteiger partial charge in [-0.2, -0.15) is 8.78 Å². The van der Waals surface area contributed by atoms with Gasteiger partial charge >= 0.3 is 12.6 Å². The van der Waals surface area contributed by atoms with Crippen LogP contribution < -0.4 is 14.8 Å². The highest BCUT2D eigenvalue weighted by atomic mass is 19.3. The van der Waals surface area contributed by atoms with Gasteiger partial charge < -0.3 is 19.5 Å². The second kappa shape index (κ2) is 10.9. The van der Waals surface area contributed by atoms with E-state index in [1.165, 1.54) is 38.3 Å². The summed E-state index contributed by atoms with van der Waals surface area (Å²) < 4.78 is 39.2. The highest BCUT2D eigenvalue weighted by molar-refractivity contribution is 5.96. The summed E-state index contributed by atoms with van der Waals surface area (Å²) in [5, 5.41) is 2.68. The van der Waals surface area contributed by atoms with Crippen molar-refractivity contribution in [3.05, 3.63) is 59.7 Å². The van der Waals surface area contributed by atoms with E-state index in [2.05, 4.69) is 10.1 Å². The van der Waals surface area contributed by atoms with Crippen molar-refractivity contribution in [2.24, 2.45) is 0 Å². The number of halogens is 2. The maximum atomic E-state index is 12.4. The molecule has 0 radical (unpaired) electrons. The minimum atomic E-state index is -2.98. The Morgan fingerprint density at radius 3 is 2.40 bits per heavy atom. The number of hydrogen-bond acceptors (Lipinski definition) is 5. The first-order valence-electron chi connectivity index (χ1n) is 9.23. The Balaban J connectivity index is 1.93. The van der Waals surface area contributed by atoms with E-state index in [1.807, 2.05) is 19.1 Å². The topological polar surface area (TPSA) is 73.9 Å². The molecule has 0 heterocycles. The van der Waals surface area contributed by atoms with Gasteiger partial charge in [0.15, 0.2) is 17.6 Å². The third kappa shape index (κ3) is 6.88. The molecule has 1 atom stereocenters. The molecule has 0 aliphatic heterocycles. The van der Waals surface area contributed by atoms with Gasteiger partial charge in [-0.3, -0.25) is 4.79 Å². The molecular formula is C22H23F2NO5. The number of methoxy groups -OCH3 is 1. The lowest BCUT2D eigenvalue weighted by Crippen LogP contribution is -2.29. The lowest BCUT2D eigenvalue weighted by atomic mass is 10.1. The number of esters is 1. The highest BCUT2D eigenvalue weighted by Gasteiger charge is 2.17. The van der Waals surface area contributed by atoms with Crippen LogP contribution in [0.25, 0.3) is 6.08 Å². The zero-order chi connectivity index (χ0) is 22.1. The Kier molecular flexibility index (Phi) is 8.34. The van der Waals surface area contributed by atoms with Crippen molar-refractivity contribution >= 4 is 23.6 Å². The molecule has 0 fully saturated rings. The number of carbonyl (C=O) groups excluding carboxylic acids is 2. The van der Waals surface area contributed by atoms with Crippen molar-refractivity contribution in [2.45, 2.75) is 33.0 Å². The molecule has 0 saturated heterocycles. The van der Waals surface area contributed by atoms with Crippen LogP contribution in [0.5, 0.6) is 11.5 Å². The quantitative estimate of drug-likeness (QED) is 0.480. The molecule has 0 bridgehead atoms. The van der Waals surface area contributed by atoms with Crippen LogP contribution >= 0.6 is 0 Å². The summed E-state index contributed by atoms with van der Waals surface area (Å²) in [4.78, 5) is 24.2. The van der Waals surface area contributed by atoms with E-state index in [0.29, 0.717) is 11.3 Å². The number of alkyl halides is 2. The van der Waals surface area contributed by atoms with E-state index in [-0.39, 0.29) is 11.5 Å². The van der Waals surface area contributed by atoms with E-state index in [1.54, 1.807) is 12.1 Å². The van der Waals surface area contributed by atoms with Crippen molar-refractivity contribution in [3.63, 3.8) is 0 Å². The SMILES string of the molecule is CCc1ccc(NC(=O)[C@H](C)OC(=O)/C=C/c2ccc(OC(F)F)c(OC)c2)cc1. The molecule has 30 heavy (non-hydrogen) atoms. The summed E-state index contributed by atoms with van der Waals surface area (Å²) in [6.07, 6.45) is 2.42. The van der Waals surface area contributed by atoms with Gasteiger partial charge in [0.05, 0.1) is 7.11 Å². The number of ether oxygens (including phenoxy) is 3. The van der Waals surface area contributed by atoms with Crippen molar-refractivity contribution in [1.29, 1.82) is 0 Å². The fraction of sp³-hybridized carbons (Fsp3) is 0.273. The first-order valence-corrected chi connectivity index (χ1v) is 9.23. The molecule has 0 saturated carbocycles. The molecule has 8 heteroatoms. The van der Waals surface area contributed by atoms with Crippen LogP contribution in [0.2, 0.25) is 0 Å². The molecule has 1 N–H and O–H groups in total. The molecule has 0 aromatic heterocycles. The predicted octanol–water partition coefficient (Wildman–Crippen LogP) is 4.44. The number of carbonyl (C=O) groups is 2. The van der Waals surface area contributed by atoms with E-state index in [9.17, 15) is 18.4 Å². The summed E-state index contributed by atoms with van der Waals surface area (Å²) in [6, 6.07) is 11.6. The second-order valence-electron chi connectivity index (χ2n) is 6.24. The van der Waals surface area contributed by atoms with Gasteiger partial charge in [-0.1, -0.05) is 25.1 Å². The number of aryl methyl sites for hydroxylation is 1. The van der Waals surface area contributed by atoms with E-state index in [0.717, 1.165) is 18.1 Å². The molecule has 2 aromatic carbocycles. The average Bonchev–Trinajstić information content (AvgIpc) is 2.73. The fourth-order valence-corrected chi connectivity index (χ4v) is 2.48. The van der Waals surface area contributed by atoms with Crippen molar-refractivity contribution in [3.8, 4) is 11.5 Å². The highest BCUT2D eigenvalue weighted by Crippen LogP contribution is 2.29. The molecule has 2 rings (SSSR count). The van der Waals surface area contributed by atoms with Crippen LogP contribution in [-0.4, -0.2) is 31.7 Å². The molecule has 1 amide bonds. The largest absolute Gasteiger partial charge is 0.493 e. The smallest absolute Gasteiger partial charge is 0.387 e. The summed E-state index contributed by atoms with van der Waals surface area (Å²) >= 11 is 0. The van der Waals surface area contributed by atoms with Crippen LogP contribution in [0.4, 0.5) is 14.5 Å². The number of hydrogen-bond donors (Lipinski definition) is 1. The van der Waals surface area contributed by atoms with Crippen molar-refractivity contribution < 1.29 is 32.6 Å². The van der Waals surface area contributed by atoms with Gasteiger partial charge in [-0.25, -0.2) is 4.79 Å². The normalized spacial score (nSPS) is 11.9. The van der Waals surface area contributed by atoms with E-state index in [4.69, 9.17) is 9.47 Å². The van der Waals surface area contributed by atoms with E-state index >= 15 is 0 Å². The monoisotopic (exact) mass is 419 g/mol. The first kappa shape index (κ1) is 22.9. The van der Waals surface area contributed by atoms with Crippen LogP contribution in [-0.2, 0) is 20.7 Å². The molecular weight excluding hydrogens is 396 g/mol. The predicted molar refractivity (Wildman–Crippen MR) is 109 cm³/mol. The third-order valence-electron chi connectivity index (χ3n) is 4.11. The number of benzene rings is 2. The summed E-state index contributed by atoms with van der Waals surface area (Å²) in [7, 11) is 1.31. The molecule has 0 aliphatic carbocycles. The van der Waals surface area contributed by atoms with Crippen molar-refractivity contribution in [2.75, 3.05) is 12.4 Å². The summed E-state index contributed by atoms with van der Waals surface area (Å²) in [6.45, 7) is 0.512. The number of nitrogens with one attached hydrogen (secondary N) is 1. The minimum absolute atomic E-state index is 0.0904. The maximum Gasteiger partial charge on any atom is 0.387 e. The van der Waals surface area contributed by atoms with Gasteiger partial charge in [-0.15, -0.1) is 0 Å². The number of rotatable bonds is 9. The molecule has 0 spiro atoms.